The van der Waals surface area contributed by atoms with Gasteiger partial charge in [-0.05, 0) is 0 Å². The SMILES string of the molecule is FCC[CH2][Fe]. The topological polar surface area (TPSA) is 0 Å². The van der Waals surface area contributed by atoms with Crippen LogP contribution >= 0.6 is 0 Å². The van der Waals surface area contributed by atoms with E-state index >= 15 is 0 Å². The molecule has 0 rings (SSSR count). The Morgan fingerprint density at radius 3 is 2.20 bits per heavy atom. The molecule has 0 spiro atoms. The molecule has 0 N–H and O–H groups in total. The number of rotatable bonds is 2. The van der Waals surface area contributed by atoms with Gasteiger partial charge in [-0.2, -0.15) is 0 Å². The first-order chi connectivity index (χ1) is 2.41. The summed E-state index contributed by atoms with van der Waals surface area (Å²) in [4.78, 5) is 0. The van der Waals surface area contributed by atoms with Crippen molar-refractivity contribution in [2.45, 2.75) is 11.7 Å². The van der Waals surface area contributed by atoms with Crippen molar-refractivity contribution in [2.75, 3.05) is 6.67 Å². The molecule has 0 atom stereocenters. The van der Waals surface area contributed by atoms with Gasteiger partial charge in [-0.15, -0.1) is 0 Å². The first kappa shape index (κ1) is 5.45. The Morgan fingerprint density at radius 2 is 2.20 bits per heavy atom. The molecule has 2 heteroatoms. The molecule has 0 aromatic heterocycles. The Labute approximate surface area is 39.6 Å². The number of halogens is 1. The van der Waals surface area contributed by atoms with E-state index in [0.717, 1.165) is 5.32 Å². The van der Waals surface area contributed by atoms with Crippen molar-refractivity contribution in [1.29, 1.82) is 0 Å². The number of alkyl halides is 1. The van der Waals surface area contributed by atoms with E-state index < -0.39 is 0 Å². The van der Waals surface area contributed by atoms with Gasteiger partial charge in [0.15, 0.2) is 0 Å². The Balaban J connectivity index is 2.19. The van der Waals surface area contributed by atoms with Crippen molar-refractivity contribution >= 4 is 0 Å². The Kier molecular flexibility index (Phi) is 4.85. The van der Waals surface area contributed by atoms with Crippen molar-refractivity contribution in [3.63, 3.8) is 0 Å². The third-order valence-corrected chi connectivity index (χ3v) is 0.649. The van der Waals surface area contributed by atoms with E-state index in [1.54, 1.807) is 0 Å². The van der Waals surface area contributed by atoms with Crippen LogP contribution in [0, 0.1) is 0 Å². The van der Waals surface area contributed by atoms with E-state index in [9.17, 15) is 4.39 Å². The summed E-state index contributed by atoms with van der Waals surface area (Å²) in [6.07, 6.45) is 0.611. The van der Waals surface area contributed by atoms with Gasteiger partial charge in [0.1, 0.15) is 0 Å². The summed E-state index contributed by atoms with van der Waals surface area (Å²) in [6.45, 7) is -0.219. The molecule has 0 radical (unpaired) electrons. The van der Waals surface area contributed by atoms with Crippen LogP contribution in [0.5, 0.6) is 0 Å². The van der Waals surface area contributed by atoms with Gasteiger partial charge in [-0.1, -0.05) is 0 Å². The summed E-state index contributed by atoms with van der Waals surface area (Å²) in [6, 6.07) is 0. The van der Waals surface area contributed by atoms with Gasteiger partial charge in [0.05, 0.1) is 0 Å². The van der Waals surface area contributed by atoms with E-state index in [1.165, 1.54) is 0 Å². The second-order valence-corrected chi connectivity index (χ2v) is 1.27. The fraction of sp³-hybridized carbons (Fsp3) is 1.00. The maximum absolute atomic E-state index is 11.0. The van der Waals surface area contributed by atoms with Crippen molar-refractivity contribution < 1.29 is 20.4 Å². The quantitative estimate of drug-likeness (QED) is 0.478. The molecule has 33 valence electrons. The zero-order chi connectivity index (χ0) is 4.12. The first-order valence-electron chi connectivity index (χ1n) is 1.52. The van der Waals surface area contributed by atoms with Crippen LogP contribution in [0.3, 0.4) is 0 Å². The molecule has 0 aromatic carbocycles. The molecule has 0 bridgehead atoms. The van der Waals surface area contributed by atoms with Crippen LogP contribution in [0.25, 0.3) is 0 Å². The number of hydrogen-bond donors (Lipinski definition) is 0. The first-order valence-corrected chi connectivity index (χ1v) is 2.30. The van der Waals surface area contributed by atoms with Crippen molar-refractivity contribution in [3.05, 3.63) is 0 Å². The molecule has 0 saturated heterocycles. The molecule has 0 heterocycles. The van der Waals surface area contributed by atoms with Crippen LogP contribution in [0.4, 0.5) is 4.39 Å². The average molecular weight is 117 g/mol. The molecule has 0 aromatic rings. The van der Waals surface area contributed by atoms with Crippen LogP contribution in [0.2, 0.25) is 5.32 Å². The maximum atomic E-state index is 11.0. The summed E-state index contributed by atoms with van der Waals surface area (Å²) < 4.78 is 11.0. The molecule has 5 heavy (non-hydrogen) atoms. The van der Waals surface area contributed by atoms with Crippen LogP contribution < -0.4 is 0 Å². The van der Waals surface area contributed by atoms with Crippen LogP contribution in [0.15, 0.2) is 0 Å². The Morgan fingerprint density at radius 1 is 1.60 bits per heavy atom. The van der Waals surface area contributed by atoms with Gasteiger partial charge in [0.2, 0.25) is 0 Å². The molecular formula is C3H6FFe. The molecule has 0 aliphatic heterocycles. The van der Waals surface area contributed by atoms with Crippen molar-refractivity contribution in [2.24, 2.45) is 0 Å². The zero-order valence-corrected chi connectivity index (χ0v) is 3.96. The molecule has 0 aliphatic rings. The summed E-state index contributed by atoms with van der Waals surface area (Å²) in [5, 5.41) is 0.719. The van der Waals surface area contributed by atoms with Gasteiger partial charge in [-0.25, -0.2) is 0 Å². The van der Waals surface area contributed by atoms with Gasteiger partial charge < -0.3 is 0 Å². The Bertz CT molecular complexity index is 14.4. The molecule has 0 aliphatic carbocycles. The van der Waals surface area contributed by atoms with Gasteiger partial charge in [0.25, 0.3) is 0 Å². The third-order valence-electron chi connectivity index (χ3n) is 0.259. The van der Waals surface area contributed by atoms with Crippen LogP contribution in [0.1, 0.15) is 6.42 Å². The second kappa shape index (κ2) is 4.45. The summed E-state index contributed by atoms with van der Waals surface area (Å²) in [5.74, 6) is 0. The standard InChI is InChI=1S/C3H6F.Fe/c1-2-3-4;/h1-3H2;. The van der Waals surface area contributed by atoms with Gasteiger partial charge in [0, 0.05) is 0 Å². The van der Waals surface area contributed by atoms with Gasteiger partial charge in [-0.3, -0.25) is 0 Å². The van der Waals surface area contributed by atoms with E-state index in [0.29, 0.717) is 6.42 Å². The van der Waals surface area contributed by atoms with Crippen LogP contribution in [-0.4, -0.2) is 6.67 Å². The predicted molar refractivity (Wildman–Crippen MR) is 15.4 cm³/mol. The van der Waals surface area contributed by atoms with Gasteiger partial charge >= 0.3 is 38.8 Å². The second-order valence-electron chi connectivity index (χ2n) is 0.719. The molecule has 0 fully saturated rings. The summed E-state index contributed by atoms with van der Waals surface area (Å²) in [5.41, 5.74) is 0. The van der Waals surface area contributed by atoms with Crippen molar-refractivity contribution in [1.82, 2.24) is 0 Å². The Hall–Kier alpha value is 0.449. The minimum atomic E-state index is -0.219. The fourth-order valence-electron chi connectivity index (χ4n) is 0.0472. The molecule has 0 saturated carbocycles. The monoisotopic (exact) mass is 117 g/mol. The van der Waals surface area contributed by atoms with Crippen LogP contribution in [-0.2, 0) is 16.0 Å². The van der Waals surface area contributed by atoms with E-state index in [2.05, 4.69) is 16.0 Å². The normalized spacial score (nSPS) is 8.40. The van der Waals surface area contributed by atoms with Crippen molar-refractivity contribution in [3.8, 4) is 0 Å². The third kappa shape index (κ3) is 4.45. The fourth-order valence-corrected chi connectivity index (χ4v) is 0.195. The minimum absolute atomic E-state index is 0.219. The summed E-state index contributed by atoms with van der Waals surface area (Å²) in [7, 11) is 0. The predicted octanol–water partition coefficient (Wildman–Crippen LogP) is 1.31. The van der Waals surface area contributed by atoms with E-state index in [4.69, 9.17) is 0 Å². The summed E-state index contributed by atoms with van der Waals surface area (Å²) >= 11 is 3.44. The molecule has 0 nitrogen and oxygen atoms in total. The number of hydrogen-bond acceptors (Lipinski definition) is 0. The zero-order valence-electron chi connectivity index (χ0n) is 2.85. The van der Waals surface area contributed by atoms with E-state index in [1.807, 2.05) is 0 Å². The molecule has 0 amide bonds. The average Bonchev–Trinajstić information content (AvgIpc) is 1.41. The molecular weight excluding hydrogens is 111 g/mol. The molecule has 0 unspecified atom stereocenters. The van der Waals surface area contributed by atoms with E-state index in [-0.39, 0.29) is 6.67 Å².